The van der Waals surface area contributed by atoms with Gasteiger partial charge in [-0.2, -0.15) is 0 Å². The molecule has 0 spiro atoms. The molecule has 15 heavy (non-hydrogen) atoms. The molecule has 0 N–H and O–H groups in total. The molecule has 0 fully saturated rings. The van der Waals surface area contributed by atoms with Crippen LogP contribution in [0.3, 0.4) is 0 Å². The van der Waals surface area contributed by atoms with Gasteiger partial charge in [-0.25, -0.2) is 0 Å². The van der Waals surface area contributed by atoms with Gasteiger partial charge in [0.15, 0.2) is 0 Å². The zero-order valence-electron chi connectivity index (χ0n) is 8.13. The molecule has 0 atom stereocenters. The Morgan fingerprint density at radius 2 is 1.13 bits per heavy atom. The first-order valence-electron chi connectivity index (χ1n) is 4.73. The summed E-state index contributed by atoms with van der Waals surface area (Å²) in [5.41, 5.74) is 2.17. The van der Waals surface area contributed by atoms with Gasteiger partial charge < -0.3 is 0 Å². The molecule has 0 unspecified atom stereocenters. The van der Waals surface area contributed by atoms with Crippen LogP contribution < -0.4 is 0 Å². The average Bonchev–Trinajstić information content (AvgIpc) is 2.33. The maximum Gasteiger partial charge on any atom is 0.122 e. The lowest BCUT2D eigenvalue weighted by Crippen LogP contribution is -2.02. The van der Waals surface area contributed by atoms with Crippen LogP contribution in [0.1, 0.15) is 11.1 Å². The highest BCUT2D eigenvalue weighted by atomic mass is 16.4. The number of hydrogen-bond donors (Lipinski definition) is 0. The summed E-state index contributed by atoms with van der Waals surface area (Å²) in [7, 11) is 0. The van der Waals surface area contributed by atoms with E-state index in [9.17, 15) is 5.21 Å². The number of nitrogens with zero attached hydrogens (tertiary/aromatic N) is 1. The van der Waals surface area contributed by atoms with Gasteiger partial charge in [0.05, 0.1) is 0 Å². The van der Waals surface area contributed by atoms with Crippen molar-refractivity contribution < 1.29 is 5.21 Å². The van der Waals surface area contributed by atoms with E-state index in [-0.39, 0.29) is 0 Å². The largest absolute Gasteiger partial charge is 0.145 e. The Labute approximate surface area is 88.5 Å². The Morgan fingerprint density at radius 1 is 0.733 bits per heavy atom. The highest BCUT2D eigenvalue weighted by molar-refractivity contribution is 6.12. The van der Waals surface area contributed by atoms with Gasteiger partial charge in [0, 0.05) is 11.1 Å². The standard InChI is InChI=1S/C13H10NO/c15-14-13(11-7-3-1-4-8-11)12-9-5-2-6-10-12/h1-10H. The molecule has 0 bridgehead atoms. The quantitative estimate of drug-likeness (QED) is 0.522. The fraction of sp³-hybridized carbons (Fsp3) is 0. The second-order valence-electron chi connectivity index (χ2n) is 3.17. The zero-order valence-corrected chi connectivity index (χ0v) is 8.13. The molecule has 2 rings (SSSR count). The van der Waals surface area contributed by atoms with E-state index < -0.39 is 0 Å². The van der Waals surface area contributed by atoms with Crippen LogP contribution in [0.4, 0.5) is 0 Å². The Bertz CT molecular complexity index is 407. The van der Waals surface area contributed by atoms with Crippen LogP contribution in [-0.4, -0.2) is 5.71 Å². The predicted octanol–water partition coefficient (Wildman–Crippen LogP) is 2.87. The summed E-state index contributed by atoms with van der Waals surface area (Å²) in [6, 6.07) is 18.9. The van der Waals surface area contributed by atoms with Crippen molar-refractivity contribution in [2.24, 2.45) is 5.16 Å². The molecule has 0 aliphatic carbocycles. The maximum absolute atomic E-state index is 10.8. The maximum atomic E-state index is 10.8. The number of rotatable bonds is 2. The normalized spacial score (nSPS) is 9.60. The van der Waals surface area contributed by atoms with E-state index in [0.717, 1.165) is 11.1 Å². The minimum atomic E-state index is 0.483. The second-order valence-corrected chi connectivity index (χ2v) is 3.17. The van der Waals surface area contributed by atoms with Crippen LogP contribution in [0, 0.1) is 0 Å². The van der Waals surface area contributed by atoms with Gasteiger partial charge in [-0.05, 0) is 5.16 Å². The summed E-state index contributed by atoms with van der Waals surface area (Å²) in [4.78, 5) is 0. The molecule has 0 aliphatic heterocycles. The van der Waals surface area contributed by atoms with Crippen LogP contribution in [0.25, 0.3) is 0 Å². The minimum Gasteiger partial charge on any atom is -0.145 e. The van der Waals surface area contributed by atoms with Crippen molar-refractivity contribution in [3.8, 4) is 0 Å². The Balaban J connectivity index is 2.44. The monoisotopic (exact) mass is 196 g/mol. The van der Waals surface area contributed by atoms with Crippen molar-refractivity contribution in [3.05, 3.63) is 71.8 Å². The van der Waals surface area contributed by atoms with Crippen LogP contribution in [0.5, 0.6) is 0 Å². The van der Waals surface area contributed by atoms with Crippen LogP contribution in [-0.2, 0) is 5.21 Å². The molecular formula is C13H10NO. The van der Waals surface area contributed by atoms with E-state index >= 15 is 0 Å². The molecule has 2 aromatic rings. The SMILES string of the molecule is [O]N=C(c1ccccc1)c1ccccc1. The van der Waals surface area contributed by atoms with E-state index in [4.69, 9.17) is 0 Å². The average molecular weight is 196 g/mol. The summed E-state index contributed by atoms with van der Waals surface area (Å²) in [6.07, 6.45) is 0. The third kappa shape index (κ3) is 2.05. The highest BCUT2D eigenvalue weighted by Gasteiger charge is 2.06. The lowest BCUT2D eigenvalue weighted by molar-refractivity contribution is 0.210. The summed E-state index contributed by atoms with van der Waals surface area (Å²) >= 11 is 0. The number of hydrogen-bond acceptors (Lipinski definition) is 1. The minimum absolute atomic E-state index is 0.483. The van der Waals surface area contributed by atoms with Gasteiger partial charge in [-0.15, -0.1) is 5.21 Å². The van der Waals surface area contributed by atoms with Crippen molar-refractivity contribution in [2.45, 2.75) is 0 Å². The lowest BCUT2D eigenvalue weighted by Gasteiger charge is -2.02. The molecule has 0 heterocycles. The van der Waals surface area contributed by atoms with Gasteiger partial charge in [-0.1, -0.05) is 60.7 Å². The Hall–Kier alpha value is -2.09. The molecule has 1 radical (unpaired) electrons. The molecule has 2 aromatic carbocycles. The smallest absolute Gasteiger partial charge is 0.122 e. The first kappa shape index (κ1) is 9.46. The van der Waals surface area contributed by atoms with Crippen molar-refractivity contribution in [2.75, 3.05) is 0 Å². The molecule has 0 saturated carbocycles. The summed E-state index contributed by atoms with van der Waals surface area (Å²) in [5.74, 6) is 0. The van der Waals surface area contributed by atoms with Gasteiger partial charge in [-0.3, -0.25) is 0 Å². The fourth-order valence-corrected chi connectivity index (χ4v) is 1.46. The molecule has 2 nitrogen and oxygen atoms in total. The van der Waals surface area contributed by atoms with E-state index in [1.807, 2.05) is 60.7 Å². The second kappa shape index (κ2) is 4.42. The van der Waals surface area contributed by atoms with Crippen molar-refractivity contribution in [1.29, 1.82) is 0 Å². The van der Waals surface area contributed by atoms with Crippen molar-refractivity contribution in [3.63, 3.8) is 0 Å². The lowest BCUT2D eigenvalue weighted by atomic mass is 10.0. The highest BCUT2D eigenvalue weighted by Crippen LogP contribution is 2.10. The Kier molecular flexibility index (Phi) is 2.79. The molecule has 2 heteroatoms. The molecule has 0 amide bonds. The van der Waals surface area contributed by atoms with Crippen LogP contribution in [0.15, 0.2) is 65.8 Å². The molecule has 0 saturated heterocycles. The third-order valence-electron chi connectivity index (χ3n) is 2.19. The summed E-state index contributed by atoms with van der Waals surface area (Å²) in [5, 5.41) is 13.9. The van der Waals surface area contributed by atoms with Gasteiger partial charge in [0.1, 0.15) is 5.71 Å². The summed E-state index contributed by atoms with van der Waals surface area (Å²) < 4.78 is 0. The molecular weight excluding hydrogens is 186 g/mol. The first-order valence-corrected chi connectivity index (χ1v) is 4.73. The molecule has 0 aromatic heterocycles. The van der Waals surface area contributed by atoms with E-state index in [1.54, 1.807) is 0 Å². The van der Waals surface area contributed by atoms with Gasteiger partial charge >= 0.3 is 0 Å². The van der Waals surface area contributed by atoms with E-state index in [0.29, 0.717) is 5.71 Å². The van der Waals surface area contributed by atoms with Crippen LogP contribution in [0.2, 0.25) is 0 Å². The van der Waals surface area contributed by atoms with Crippen molar-refractivity contribution >= 4 is 5.71 Å². The van der Waals surface area contributed by atoms with Gasteiger partial charge in [0.2, 0.25) is 0 Å². The Morgan fingerprint density at radius 3 is 1.47 bits per heavy atom. The summed E-state index contributed by atoms with van der Waals surface area (Å²) in [6.45, 7) is 0. The van der Waals surface area contributed by atoms with Crippen LogP contribution >= 0.6 is 0 Å². The van der Waals surface area contributed by atoms with E-state index in [1.165, 1.54) is 0 Å². The topological polar surface area (TPSA) is 32.3 Å². The predicted molar refractivity (Wildman–Crippen MR) is 59.2 cm³/mol. The van der Waals surface area contributed by atoms with Gasteiger partial charge in [0.25, 0.3) is 0 Å². The molecule has 73 valence electrons. The zero-order chi connectivity index (χ0) is 10.5. The fourth-order valence-electron chi connectivity index (χ4n) is 1.46. The third-order valence-corrected chi connectivity index (χ3v) is 2.19. The van der Waals surface area contributed by atoms with E-state index in [2.05, 4.69) is 5.16 Å². The first-order chi connectivity index (χ1) is 7.42. The number of benzene rings is 2. The van der Waals surface area contributed by atoms with Crippen molar-refractivity contribution in [1.82, 2.24) is 0 Å². The molecule has 0 aliphatic rings.